The van der Waals surface area contributed by atoms with E-state index in [9.17, 15) is 5.26 Å². The molecule has 4 heteroatoms. The molecule has 0 aliphatic heterocycles. The van der Waals surface area contributed by atoms with Crippen molar-refractivity contribution in [1.29, 1.82) is 5.26 Å². The highest BCUT2D eigenvalue weighted by Crippen LogP contribution is 2.40. The van der Waals surface area contributed by atoms with Gasteiger partial charge in [-0.25, -0.2) is 0 Å². The van der Waals surface area contributed by atoms with Crippen LogP contribution in [0.3, 0.4) is 0 Å². The summed E-state index contributed by atoms with van der Waals surface area (Å²) in [4.78, 5) is 4.25. The average Bonchev–Trinajstić information content (AvgIpc) is 3.42. The molecule has 4 nitrogen and oxygen atoms in total. The molecule has 3 aromatic carbocycles. The third-order valence-corrected chi connectivity index (χ3v) is 6.52. The second-order valence-electron chi connectivity index (χ2n) is 8.46. The predicted octanol–water partition coefficient (Wildman–Crippen LogP) is 7.97. The lowest BCUT2D eigenvalue weighted by Crippen LogP contribution is -1.95. The van der Waals surface area contributed by atoms with Gasteiger partial charge in [0.05, 0.1) is 22.7 Å². The molecule has 0 aliphatic carbocycles. The molecule has 0 amide bonds. The Morgan fingerprint density at radius 2 is 1.86 bits per heavy atom. The summed E-state index contributed by atoms with van der Waals surface area (Å²) in [5.74, 6) is 0.826. The van der Waals surface area contributed by atoms with Crippen LogP contribution in [0.5, 0.6) is 0 Å². The molecular weight excluding hydrogens is 430 g/mol. The van der Waals surface area contributed by atoms with Gasteiger partial charge in [-0.3, -0.25) is 4.98 Å². The molecule has 3 heterocycles. The number of para-hydroxylation sites is 1. The van der Waals surface area contributed by atoms with E-state index in [0.717, 1.165) is 60.9 Å². The van der Waals surface area contributed by atoms with Crippen molar-refractivity contribution in [1.82, 2.24) is 9.55 Å². The zero-order chi connectivity index (χ0) is 23.9. The molecule has 0 saturated heterocycles. The fourth-order valence-corrected chi connectivity index (χ4v) is 4.86. The van der Waals surface area contributed by atoms with E-state index in [4.69, 9.17) is 4.42 Å². The molecule has 0 radical (unpaired) electrons. The Labute approximate surface area is 202 Å². The second kappa shape index (κ2) is 8.16. The van der Waals surface area contributed by atoms with E-state index in [-0.39, 0.29) is 0 Å². The van der Waals surface area contributed by atoms with Gasteiger partial charge in [-0.15, -0.1) is 0 Å². The van der Waals surface area contributed by atoms with Crippen LogP contribution in [0.15, 0.2) is 102 Å². The van der Waals surface area contributed by atoms with Crippen LogP contribution in [0.1, 0.15) is 16.9 Å². The molecule has 0 bridgehead atoms. The smallest absolute Gasteiger partial charge is 0.159 e. The van der Waals surface area contributed by atoms with Crippen LogP contribution in [0.25, 0.3) is 55.7 Å². The maximum Gasteiger partial charge on any atom is 0.159 e. The van der Waals surface area contributed by atoms with Crippen molar-refractivity contribution in [2.45, 2.75) is 6.92 Å². The first-order valence-electron chi connectivity index (χ1n) is 11.4. The fourth-order valence-electron chi connectivity index (χ4n) is 4.86. The molecule has 0 atom stereocenters. The van der Waals surface area contributed by atoms with Crippen molar-refractivity contribution >= 4 is 38.9 Å². The maximum absolute atomic E-state index is 9.62. The first kappa shape index (κ1) is 20.7. The van der Waals surface area contributed by atoms with Crippen LogP contribution in [0, 0.1) is 18.3 Å². The van der Waals surface area contributed by atoms with Crippen molar-refractivity contribution in [3.8, 4) is 22.9 Å². The van der Waals surface area contributed by atoms with E-state index in [1.807, 2.05) is 24.3 Å². The molecule has 166 valence electrons. The summed E-state index contributed by atoms with van der Waals surface area (Å²) < 4.78 is 8.70. The van der Waals surface area contributed by atoms with Crippen molar-refractivity contribution in [2.75, 3.05) is 0 Å². The van der Waals surface area contributed by atoms with Crippen LogP contribution < -0.4 is 0 Å². The van der Waals surface area contributed by atoms with Crippen molar-refractivity contribution in [2.24, 2.45) is 0 Å². The largest absolute Gasteiger partial charge is 0.454 e. The number of furan rings is 1. The zero-order valence-electron chi connectivity index (χ0n) is 19.2. The molecule has 0 saturated carbocycles. The number of aryl methyl sites for hydroxylation is 1. The molecule has 35 heavy (non-hydrogen) atoms. The highest BCUT2D eigenvalue weighted by molar-refractivity contribution is 6.17. The minimum atomic E-state index is 0.599. The number of rotatable bonds is 4. The third kappa shape index (κ3) is 3.18. The lowest BCUT2D eigenvalue weighted by atomic mass is 10.0. The molecule has 0 aliphatic rings. The number of nitriles is 1. The monoisotopic (exact) mass is 451 g/mol. The number of benzene rings is 3. The lowest BCUT2D eigenvalue weighted by molar-refractivity contribution is 0.603. The Kier molecular flexibility index (Phi) is 4.83. The van der Waals surface area contributed by atoms with Gasteiger partial charge in [0.2, 0.25) is 0 Å². The summed E-state index contributed by atoms with van der Waals surface area (Å²) in [6.45, 7) is 5.86. The Morgan fingerprint density at radius 1 is 1.00 bits per heavy atom. The SMILES string of the molecule is C=C/C=C\c1oc2c(ccc3c4ccccc4n(-c4cccc(-c5cnccc5C#N)c4)c32)c1C. The molecule has 0 unspecified atom stereocenters. The van der Waals surface area contributed by atoms with Crippen molar-refractivity contribution < 1.29 is 4.42 Å². The lowest BCUT2D eigenvalue weighted by Gasteiger charge is -2.11. The van der Waals surface area contributed by atoms with Crippen LogP contribution in [0.4, 0.5) is 0 Å². The number of pyridine rings is 1. The van der Waals surface area contributed by atoms with Crippen LogP contribution >= 0.6 is 0 Å². The summed E-state index contributed by atoms with van der Waals surface area (Å²) in [6.07, 6.45) is 8.98. The topological polar surface area (TPSA) is 54.8 Å². The quantitative estimate of drug-likeness (QED) is 0.255. The molecule has 0 spiro atoms. The number of hydrogen-bond donors (Lipinski definition) is 0. The van der Waals surface area contributed by atoms with Crippen LogP contribution in [0.2, 0.25) is 0 Å². The van der Waals surface area contributed by atoms with Crippen molar-refractivity contribution in [3.05, 3.63) is 115 Å². The minimum absolute atomic E-state index is 0.599. The summed E-state index contributed by atoms with van der Waals surface area (Å²) in [5.41, 5.74) is 7.41. The van der Waals surface area contributed by atoms with Gasteiger partial charge in [0.25, 0.3) is 0 Å². The average molecular weight is 452 g/mol. The van der Waals surface area contributed by atoms with Gasteiger partial charge in [-0.1, -0.05) is 61.2 Å². The molecule has 0 fully saturated rings. The van der Waals surface area contributed by atoms with E-state index < -0.39 is 0 Å². The molecule has 6 rings (SSSR count). The van der Waals surface area contributed by atoms with Gasteiger partial charge < -0.3 is 8.98 Å². The van der Waals surface area contributed by atoms with Gasteiger partial charge >= 0.3 is 0 Å². The van der Waals surface area contributed by atoms with Gasteiger partial charge in [0.1, 0.15) is 5.76 Å². The van der Waals surface area contributed by atoms with E-state index in [1.165, 1.54) is 0 Å². The number of fused-ring (bicyclic) bond motifs is 5. The van der Waals surface area contributed by atoms with E-state index >= 15 is 0 Å². The number of nitrogens with zero attached hydrogens (tertiary/aromatic N) is 3. The Hall–Kier alpha value is -4.88. The summed E-state index contributed by atoms with van der Waals surface area (Å²) in [7, 11) is 0. The van der Waals surface area contributed by atoms with Crippen LogP contribution in [-0.4, -0.2) is 9.55 Å². The number of allylic oxidation sites excluding steroid dienone is 2. The van der Waals surface area contributed by atoms with E-state index in [0.29, 0.717) is 5.56 Å². The van der Waals surface area contributed by atoms with Crippen molar-refractivity contribution in [3.63, 3.8) is 0 Å². The Bertz CT molecular complexity index is 1840. The number of hydrogen-bond acceptors (Lipinski definition) is 3. The van der Waals surface area contributed by atoms with E-state index in [2.05, 4.69) is 77.7 Å². The summed E-state index contributed by atoms with van der Waals surface area (Å²) >= 11 is 0. The normalized spacial score (nSPS) is 11.5. The molecule has 3 aromatic heterocycles. The third-order valence-electron chi connectivity index (χ3n) is 6.52. The summed E-state index contributed by atoms with van der Waals surface area (Å²) in [6, 6.07) is 25.0. The van der Waals surface area contributed by atoms with Gasteiger partial charge in [0.15, 0.2) is 5.58 Å². The molecule has 0 N–H and O–H groups in total. The summed E-state index contributed by atoms with van der Waals surface area (Å²) in [5, 5.41) is 13.0. The fraction of sp³-hybridized carbons (Fsp3) is 0.0323. The highest BCUT2D eigenvalue weighted by Gasteiger charge is 2.19. The Morgan fingerprint density at radius 3 is 2.71 bits per heavy atom. The van der Waals surface area contributed by atoms with Crippen LogP contribution in [-0.2, 0) is 0 Å². The van der Waals surface area contributed by atoms with Gasteiger partial charge in [-0.2, -0.15) is 5.26 Å². The molecule has 6 aromatic rings. The molecular formula is C31H21N3O. The van der Waals surface area contributed by atoms with E-state index in [1.54, 1.807) is 24.5 Å². The predicted molar refractivity (Wildman–Crippen MR) is 142 cm³/mol. The first-order valence-corrected chi connectivity index (χ1v) is 11.4. The minimum Gasteiger partial charge on any atom is -0.454 e. The second-order valence-corrected chi connectivity index (χ2v) is 8.46. The van der Waals surface area contributed by atoms with Gasteiger partial charge in [0, 0.05) is 45.4 Å². The maximum atomic E-state index is 9.62. The standard InChI is InChI=1S/C31H21N3O/c1-3-4-12-29-20(2)24-13-14-26-25-10-5-6-11-28(25)34(30(26)31(24)35-29)23-9-7-8-21(17-23)27-19-33-16-15-22(27)18-32/h3-17,19H,1H2,2H3/b12-4-. The number of aromatic nitrogens is 2. The highest BCUT2D eigenvalue weighted by atomic mass is 16.3. The van der Waals surface area contributed by atoms with Gasteiger partial charge in [-0.05, 0) is 42.8 Å². The zero-order valence-corrected chi connectivity index (χ0v) is 19.2. The first-order chi connectivity index (χ1) is 17.2. The Balaban J connectivity index is 1.70.